The van der Waals surface area contributed by atoms with Crippen LogP contribution in [0.1, 0.15) is 6.92 Å². The van der Waals surface area contributed by atoms with Gasteiger partial charge in [-0.25, -0.2) is 8.42 Å². The van der Waals surface area contributed by atoms with Crippen molar-refractivity contribution in [3.8, 4) is 0 Å². The zero-order valence-corrected chi connectivity index (χ0v) is 11.2. The standard InChI is InChI=1S/C8H16NO.C2H6O4S/c1-3-4-9(2)5-7-10-8-6-9;1-2-6-7(3,4)5/h3H,1,4-8H2,2H3;2H2,1H3,(H,3,4,5)/q+1;/p-1. The van der Waals surface area contributed by atoms with Crippen molar-refractivity contribution in [1.82, 2.24) is 0 Å². The summed E-state index contributed by atoms with van der Waals surface area (Å²) in [6, 6.07) is 0. The van der Waals surface area contributed by atoms with Crippen molar-refractivity contribution >= 4 is 10.4 Å². The average molecular weight is 267 g/mol. The van der Waals surface area contributed by atoms with Crippen LogP contribution in [0.4, 0.5) is 0 Å². The van der Waals surface area contributed by atoms with E-state index in [9.17, 15) is 13.0 Å². The Morgan fingerprint density at radius 1 is 1.47 bits per heavy atom. The summed E-state index contributed by atoms with van der Waals surface area (Å²) in [7, 11) is -2.17. The van der Waals surface area contributed by atoms with Gasteiger partial charge in [0.25, 0.3) is 0 Å². The number of rotatable bonds is 4. The van der Waals surface area contributed by atoms with E-state index in [-0.39, 0.29) is 6.61 Å². The molecule has 1 saturated heterocycles. The van der Waals surface area contributed by atoms with Gasteiger partial charge in [0, 0.05) is 0 Å². The van der Waals surface area contributed by atoms with Gasteiger partial charge in [-0.3, -0.25) is 4.18 Å². The highest BCUT2D eigenvalue weighted by molar-refractivity contribution is 7.80. The van der Waals surface area contributed by atoms with Crippen molar-refractivity contribution in [3.63, 3.8) is 0 Å². The molecule has 0 radical (unpaired) electrons. The summed E-state index contributed by atoms with van der Waals surface area (Å²) < 4.78 is 38.4. The number of morpholine rings is 1. The molecule has 1 aliphatic rings. The maximum Gasteiger partial charge on any atom is 0.217 e. The molecule has 1 aliphatic heterocycles. The van der Waals surface area contributed by atoms with Gasteiger partial charge in [-0.1, -0.05) is 6.58 Å². The first-order chi connectivity index (χ1) is 7.83. The molecule has 1 fully saturated rings. The second-order valence-corrected chi connectivity index (χ2v) is 5.02. The van der Waals surface area contributed by atoms with Gasteiger partial charge in [-0.2, -0.15) is 0 Å². The molecule has 0 unspecified atom stereocenters. The van der Waals surface area contributed by atoms with Crippen LogP contribution in [-0.2, 0) is 19.3 Å². The Labute approximate surface area is 103 Å². The molecule has 7 heteroatoms. The predicted molar refractivity (Wildman–Crippen MR) is 63.1 cm³/mol. The highest BCUT2D eigenvalue weighted by Gasteiger charge is 2.22. The van der Waals surface area contributed by atoms with Crippen molar-refractivity contribution in [2.45, 2.75) is 6.92 Å². The molecule has 0 aromatic rings. The Balaban J connectivity index is 0.000000325. The minimum absolute atomic E-state index is 0.0914. The van der Waals surface area contributed by atoms with E-state index in [1.807, 2.05) is 6.08 Å². The normalized spacial score (nSPS) is 19.0. The first-order valence-corrected chi connectivity index (χ1v) is 6.79. The second-order valence-electron chi connectivity index (χ2n) is 3.97. The zero-order chi connectivity index (χ0) is 13.4. The van der Waals surface area contributed by atoms with Crippen molar-refractivity contribution in [2.24, 2.45) is 0 Å². The van der Waals surface area contributed by atoms with Crippen LogP contribution in [0.3, 0.4) is 0 Å². The van der Waals surface area contributed by atoms with Crippen molar-refractivity contribution in [1.29, 1.82) is 0 Å². The molecule has 0 aliphatic carbocycles. The third-order valence-corrected chi connectivity index (χ3v) is 2.91. The van der Waals surface area contributed by atoms with Gasteiger partial charge in [-0.05, 0) is 13.0 Å². The molecule has 0 aromatic heterocycles. The lowest BCUT2D eigenvalue weighted by atomic mass is 10.3. The molecule has 0 atom stereocenters. The Hall–Kier alpha value is -0.470. The molecule has 102 valence electrons. The number of ether oxygens (including phenoxy) is 1. The molecular weight excluding hydrogens is 246 g/mol. The maximum atomic E-state index is 9.45. The highest BCUT2D eigenvalue weighted by atomic mass is 32.3. The fourth-order valence-electron chi connectivity index (χ4n) is 1.42. The number of hydrogen-bond donors (Lipinski definition) is 0. The summed E-state index contributed by atoms with van der Waals surface area (Å²) in [5.41, 5.74) is 0. The Morgan fingerprint density at radius 2 is 2.00 bits per heavy atom. The quantitative estimate of drug-likeness (QED) is 0.313. The Kier molecular flexibility index (Phi) is 7.56. The number of nitrogens with zero attached hydrogens (tertiary/aromatic N) is 1. The monoisotopic (exact) mass is 267 g/mol. The SMILES string of the molecule is C=CC[N+]1(C)CCOCC1.CCOS(=O)(=O)[O-]. The van der Waals surface area contributed by atoms with E-state index in [1.165, 1.54) is 6.92 Å². The highest BCUT2D eigenvalue weighted by Crippen LogP contribution is 2.06. The number of likely N-dealkylation sites (N-methyl/N-ethyl adjacent to an activating group) is 1. The summed E-state index contributed by atoms with van der Waals surface area (Å²) in [6.07, 6.45) is 1.99. The van der Waals surface area contributed by atoms with Gasteiger partial charge in [-0.15, -0.1) is 0 Å². The minimum atomic E-state index is -4.42. The number of hydrogen-bond acceptors (Lipinski definition) is 5. The fraction of sp³-hybridized carbons (Fsp3) is 0.800. The van der Waals surface area contributed by atoms with Crippen molar-refractivity contribution in [3.05, 3.63) is 12.7 Å². The molecule has 0 spiro atoms. The molecule has 17 heavy (non-hydrogen) atoms. The van der Waals surface area contributed by atoms with Gasteiger partial charge in [0.15, 0.2) is 0 Å². The summed E-state index contributed by atoms with van der Waals surface area (Å²) in [5.74, 6) is 0. The topological polar surface area (TPSA) is 75.7 Å². The van der Waals surface area contributed by atoms with Crippen LogP contribution < -0.4 is 0 Å². The third kappa shape index (κ3) is 9.25. The largest absolute Gasteiger partial charge is 0.726 e. The van der Waals surface area contributed by atoms with Crippen molar-refractivity contribution in [2.75, 3.05) is 46.5 Å². The molecule has 1 rings (SSSR count). The molecule has 0 N–H and O–H groups in total. The minimum Gasteiger partial charge on any atom is -0.726 e. The average Bonchev–Trinajstić information content (AvgIpc) is 2.17. The molecular formula is C10H21NO5S. The van der Waals surface area contributed by atoms with E-state index in [1.54, 1.807) is 0 Å². The van der Waals surface area contributed by atoms with E-state index in [2.05, 4.69) is 17.8 Å². The van der Waals surface area contributed by atoms with E-state index in [0.29, 0.717) is 0 Å². The van der Waals surface area contributed by atoms with Crippen LogP contribution in [0.2, 0.25) is 0 Å². The van der Waals surface area contributed by atoms with E-state index in [0.717, 1.165) is 37.3 Å². The zero-order valence-electron chi connectivity index (χ0n) is 10.4. The molecule has 0 bridgehead atoms. The van der Waals surface area contributed by atoms with Crippen LogP contribution in [0.25, 0.3) is 0 Å². The Bertz CT molecular complexity index is 309. The van der Waals surface area contributed by atoms with Crippen LogP contribution in [0.15, 0.2) is 12.7 Å². The maximum absolute atomic E-state index is 9.45. The van der Waals surface area contributed by atoms with Gasteiger partial charge in [0.05, 0.1) is 33.4 Å². The van der Waals surface area contributed by atoms with Crippen LogP contribution >= 0.6 is 0 Å². The first kappa shape index (κ1) is 16.5. The molecule has 6 nitrogen and oxygen atoms in total. The smallest absolute Gasteiger partial charge is 0.217 e. The number of quaternary nitrogens is 1. The lowest BCUT2D eigenvalue weighted by Gasteiger charge is -2.36. The van der Waals surface area contributed by atoms with E-state index < -0.39 is 10.4 Å². The Morgan fingerprint density at radius 3 is 2.29 bits per heavy atom. The van der Waals surface area contributed by atoms with Crippen LogP contribution in [0.5, 0.6) is 0 Å². The predicted octanol–water partition coefficient (Wildman–Crippen LogP) is 0.132. The summed E-state index contributed by atoms with van der Waals surface area (Å²) in [6.45, 7) is 10.2. The van der Waals surface area contributed by atoms with Crippen LogP contribution in [-0.4, -0.2) is 64.0 Å². The van der Waals surface area contributed by atoms with Gasteiger partial charge in [0.2, 0.25) is 10.4 Å². The lowest BCUT2D eigenvalue weighted by Crippen LogP contribution is -2.51. The van der Waals surface area contributed by atoms with Gasteiger partial charge in [0.1, 0.15) is 13.1 Å². The van der Waals surface area contributed by atoms with Gasteiger partial charge < -0.3 is 13.8 Å². The summed E-state index contributed by atoms with van der Waals surface area (Å²) in [5, 5.41) is 0. The molecule has 0 aromatic carbocycles. The first-order valence-electron chi connectivity index (χ1n) is 5.45. The van der Waals surface area contributed by atoms with Gasteiger partial charge >= 0.3 is 0 Å². The second kappa shape index (κ2) is 7.78. The molecule has 0 saturated carbocycles. The van der Waals surface area contributed by atoms with E-state index in [4.69, 9.17) is 4.74 Å². The lowest BCUT2D eigenvalue weighted by molar-refractivity contribution is -0.911. The molecule has 1 heterocycles. The summed E-state index contributed by atoms with van der Waals surface area (Å²) >= 11 is 0. The van der Waals surface area contributed by atoms with E-state index >= 15 is 0 Å². The summed E-state index contributed by atoms with van der Waals surface area (Å²) in [4.78, 5) is 0. The molecule has 0 amide bonds. The fourth-order valence-corrected chi connectivity index (χ4v) is 1.71. The van der Waals surface area contributed by atoms with Crippen molar-refractivity contribution < 1.29 is 26.4 Å². The third-order valence-electron chi connectivity index (χ3n) is 2.38. The van der Waals surface area contributed by atoms with Crippen LogP contribution in [0, 0.1) is 0 Å².